The van der Waals surface area contributed by atoms with Gasteiger partial charge in [-0.3, -0.25) is 4.79 Å². The number of hydrogen-bond donors (Lipinski definition) is 2. The van der Waals surface area contributed by atoms with Gasteiger partial charge in [0.2, 0.25) is 0 Å². The number of nitrogens with one attached hydrogen (secondary N) is 1. The fraction of sp³-hybridized carbons (Fsp3) is 0.818. The zero-order valence-corrected chi connectivity index (χ0v) is 10.8. The van der Waals surface area contributed by atoms with Gasteiger partial charge >= 0.3 is 18.2 Å². The van der Waals surface area contributed by atoms with Crippen molar-refractivity contribution >= 4 is 12.0 Å². The summed E-state index contributed by atoms with van der Waals surface area (Å²) >= 11 is 0. The summed E-state index contributed by atoms with van der Waals surface area (Å²) in [6, 6.07) is -0.998. The molecule has 0 aliphatic heterocycles. The van der Waals surface area contributed by atoms with Crippen LogP contribution in [0.2, 0.25) is 0 Å². The first-order chi connectivity index (χ1) is 8.51. The number of carbonyl (C=O) groups is 2. The molecule has 0 radical (unpaired) electrons. The number of urea groups is 1. The summed E-state index contributed by atoms with van der Waals surface area (Å²) in [7, 11) is 0. The molecule has 0 aromatic rings. The van der Waals surface area contributed by atoms with Gasteiger partial charge in [-0.25, -0.2) is 4.79 Å². The predicted octanol–water partition coefficient (Wildman–Crippen LogP) is 1.69. The average molecular weight is 282 g/mol. The van der Waals surface area contributed by atoms with E-state index in [-0.39, 0.29) is 22.8 Å². The minimum atomic E-state index is -4.62. The van der Waals surface area contributed by atoms with E-state index in [2.05, 4.69) is 5.32 Å². The highest BCUT2D eigenvalue weighted by molar-refractivity contribution is 5.80. The molecule has 2 N–H and O–H groups in total. The predicted molar refractivity (Wildman–Crippen MR) is 60.6 cm³/mol. The molecule has 0 spiro atoms. The van der Waals surface area contributed by atoms with Gasteiger partial charge in [-0.1, -0.05) is 13.8 Å². The molecule has 1 fully saturated rings. The lowest BCUT2D eigenvalue weighted by Gasteiger charge is -2.22. The Bertz CT molecular complexity index is 369. The van der Waals surface area contributed by atoms with Gasteiger partial charge in [0.1, 0.15) is 13.1 Å². The minimum Gasteiger partial charge on any atom is -0.480 e. The summed E-state index contributed by atoms with van der Waals surface area (Å²) in [5.41, 5.74) is 0.0922. The maximum atomic E-state index is 12.2. The van der Waals surface area contributed by atoms with E-state index in [1.807, 2.05) is 13.8 Å². The Hall–Kier alpha value is -1.47. The van der Waals surface area contributed by atoms with E-state index in [4.69, 9.17) is 5.11 Å². The average Bonchev–Trinajstić information content (AvgIpc) is 2.79. The van der Waals surface area contributed by atoms with Crippen molar-refractivity contribution in [3.05, 3.63) is 0 Å². The van der Waals surface area contributed by atoms with Crippen LogP contribution in [-0.2, 0) is 4.79 Å². The van der Waals surface area contributed by atoms with Crippen LogP contribution in [0, 0.1) is 11.3 Å². The van der Waals surface area contributed by atoms with Crippen molar-refractivity contribution in [2.24, 2.45) is 11.3 Å². The third-order valence-corrected chi connectivity index (χ3v) is 3.20. The Morgan fingerprint density at radius 2 is 1.95 bits per heavy atom. The molecule has 19 heavy (non-hydrogen) atoms. The number of aliphatic carboxylic acids is 1. The van der Waals surface area contributed by atoms with E-state index < -0.39 is 31.3 Å². The van der Waals surface area contributed by atoms with Crippen LogP contribution < -0.4 is 5.32 Å². The lowest BCUT2D eigenvalue weighted by molar-refractivity contribution is -0.148. The second-order valence-corrected chi connectivity index (χ2v) is 5.44. The van der Waals surface area contributed by atoms with Crippen molar-refractivity contribution in [1.82, 2.24) is 10.2 Å². The van der Waals surface area contributed by atoms with Gasteiger partial charge in [0, 0.05) is 6.54 Å². The van der Waals surface area contributed by atoms with Gasteiger partial charge in [-0.2, -0.15) is 13.2 Å². The van der Waals surface area contributed by atoms with Crippen molar-refractivity contribution in [3.63, 3.8) is 0 Å². The third kappa shape index (κ3) is 5.35. The van der Waals surface area contributed by atoms with Crippen LogP contribution in [0.1, 0.15) is 20.3 Å². The zero-order valence-electron chi connectivity index (χ0n) is 10.8. The first-order valence-electron chi connectivity index (χ1n) is 5.82. The number of alkyl halides is 3. The second-order valence-electron chi connectivity index (χ2n) is 5.44. The standard InChI is InChI=1S/C11H17F3N2O3/c1-10(2)3-7(10)4-15-9(19)16(5-8(17)18)6-11(12,13)14/h7H,3-6H2,1-2H3,(H,15,19)(H,17,18). The molecule has 1 aliphatic carbocycles. The van der Waals surface area contributed by atoms with Crippen molar-refractivity contribution in [1.29, 1.82) is 0 Å². The van der Waals surface area contributed by atoms with Gasteiger partial charge in [0.05, 0.1) is 0 Å². The molecule has 8 heteroatoms. The van der Waals surface area contributed by atoms with E-state index in [1.54, 1.807) is 0 Å². The summed E-state index contributed by atoms with van der Waals surface area (Å²) in [6.07, 6.45) is -3.73. The van der Waals surface area contributed by atoms with Gasteiger partial charge in [0.25, 0.3) is 0 Å². The number of carboxylic acid groups (broad SMARTS) is 1. The summed E-state index contributed by atoms with van der Waals surface area (Å²) in [5.74, 6) is -1.25. The van der Waals surface area contributed by atoms with Crippen LogP contribution >= 0.6 is 0 Å². The Kier molecular flexibility index (Phi) is 4.32. The molecule has 1 unspecified atom stereocenters. The molecule has 0 bridgehead atoms. The van der Waals surface area contributed by atoms with Gasteiger partial charge < -0.3 is 15.3 Å². The lowest BCUT2D eigenvalue weighted by atomic mass is 10.1. The van der Waals surface area contributed by atoms with E-state index in [9.17, 15) is 22.8 Å². The number of halogens is 3. The van der Waals surface area contributed by atoms with Crippen LogP contribution in [0.25, 0.3) is 0 Å². The van der Waals surface area contributed by atoms with Crippen molar-refractivity contribution in [2.45, 2.75) is 26.4 Å². The SMILES string of the molecule is CC1(C)CC1CNC(=O)N(CC(=O)O)CC(F)(F)F. The molecule has 0 saturated heterocycles. The second kappa shape index (κ2) is 5.26. The molecule has 1 aliphatic rings. The Balaban J connectivity index is 2.49. The molecule has 1 rings (SSSR count). The minimum absolute atomic E-state index is 0.0922. The highest BCUT2D eigenvalue weighted by Gasteiger charge is 2.45. The number of nitrogens with zero attached hydrogens (tertiary/aromatic N) is 1. The van der Waals surface area contributed by atoms with Crippen LogP contribution in [-0.4, -0.2) is 47.8 Å². The maximum Gasteiger partial charge on any atom is 0.406 e. The molecule has 110 valence electrons. The largest absolute Gasteiger partial charge is 0.480 e. The number of rotatable bonds is 5. The van der Waals surface area contributed by atoms with Crippen LogP contribution in [0.15, 0.2) is 0 Å². The van der Waals surface area contributed by atoms with Crippen molar-refractivity contribution < 1.29 is 27.9 Å². The third-order valence-electron chi connectivity index (χ3n) is 3.20. The number of carbonyl (C=O) groups excluding carboxylic acids is 1. The normalized spacial score (nSPS) is 20.8. The van der Waals surface area contributed by atoms with E-state index in [1.165, 1.54) is 0 Å². The number of amides is 2. The van der Waals surface area contributed by atoms with E-state index >= 15 is 0 Å². The Morgan fingerprint density at radius 1 is 1.42 bits per heavy atom. The molecule has 1 atom stereocenters. The maximum absolute atomic E-state index is 12.2. The summed E-state index contributed by atoms with van der Waals surface area (Å²) in [5, 5.41) is 10.9. The van der Waals surface area contributed by atoms with E-state index in [0.717, 1.165) is 6.42 Å². The van der Waals surface area contributed by atoms with Crippen molar-refractivity contribution in [3.8, 4) is 0 Å². The fourth-order valence-corrected chi connectivity index (χ4v) is 1.83. The van der Waals surface area contributed by atoms with Gasteiger partial charge in [-0.15, -0.1) is 0 Å². The molecule has 5 nitrogen and oxygen atoms in total. The smallest absolute Gasteiger partial charge is 0.406 e. The van der Waals surface area contributed by atoms with Gasteiger partial charge in [0.15, 0.2) is 0 Å². The van der Waals surface area contributed by atoms with Crippen LogP contribution in [0.5, 0.6) is 0 Å². The topological polar surface area (TPSA) is 69.6 Å². The summed E-state index contributed by atoms with van der Waals surface area (Å²) in [6.45, 7) is 1.71. The highest BCUT2D eigenvalue weighted by Crippen LogP contribution is 2.50. The number of carboxylic acids is 1. The summed E-state index contributed by atoms with van der Waals surface area (Å²) in [4.78, 5) is 22.3. The van der Waals surface area contributed by atoms with Crippen LogP contribution in [0.4, 0.5) is 18.0 Å². The van der Waals surface area contributed by atoms with Crippen LogP contribution in [0.3, 0.4) is 0 Å². The molecule has 0 heterocycles. The molecular weight excluding hydrogens is 265 g/mol. The zero-order chi connectivity index (χ0) is 14.8. The van der Waals surface area contributed by atoms with Crippen molar-refractivity contribution in [2.75, 3.05) is 19.6 Å². The Labute approximate surface area is 108 Å². The summed E-state index contributed by atoms with van der Waals surface area (Å²) < 4.78 is 36.7. The quantitative estimate of drug-likeness (QED) is 0.806. The highest BCUT2D eigenvalue weighted by atomic mass is 19.4. The monoisotopic (exact) mass is 282 g/mol. The molecule has 1 saturated carbocycles. The molecular formula is C11H17F3N2O3. The first kappa shape index (κ1) is 15.6. The Morgan fingerprint density at radius 3 is 2.32 bits per heavy atom. The lowest BCUT2D eigenvalue weighted by Crippen LogP contribution is -2.47. The molecule has 0 aromatic carbocycles. The van der Waals surface area contributed by atoms with Gasteiger partial charge in [-0.05, 0) is 17.8 Å². The fourth-order valence-electron chi connectivity index (χ4n) is 1.83. The molecule has 2 amide bonds. The van der Waals surface area contributed by atoms with E-state index in [0.29, 0.717) is 0 Å². The molecule has 0 aromatic heterocycles. The number of hydrogen-bond acceptors (Lipinski definition) is 2. The first-order valence-corrected chi connectivity index (χ1v) is 5.82.